The Labute approximate surface area is 193 Å². The normalized spacial score (nSPS) is 15.1. The maximum absolute atomic E-state index is 14.0. The molecule has 6 nitrogen and oxygen atoms in total. The van der Waals surface area contributed by atoms with Gasteiger partial charge in [0.1, 0.15) is 12.4 Å². The fraction of sp³-hybridized carbons (Fsp3) is 0.308. The zero-order chi connectivity index (χ0) is 23.4. The van der Waals surface area contributed by atoms with Crippen molar-refractivity contribution in [3.8, 4) is 0 Å². The summed E-state index contributed by atoms with van der Waals surface area (Å²) in [6, 6.07) is 17.1. The van der Waals surface area contributed by atoms with Gasteiger partial charge in [0.2, 0.25) is 5.91 Å². The van der Waals surface area contributed by atoms with E-state index in [0.717, 1.165) is 28.9 Å². The fourth-order valence-electron chi connectivity index (χ4n) is 4.36. The van der Waals surface area contributed by atoms with Crippen molar-refractivity contribution in [2.24, 2.45) is 0 Å². The van der Waals surface area contributed by atoms with E-state index >= 15 is 0 Å². The molecule has 1 aromatic heterocycles. The van der Waals surface area contributed by atoms with Crippen LogP contribution in [0.2, 0.25) is 0 Å². The molecule has 1 unspecified atom stereocenters. The van der Waals surface area contributed by atoms with E-state index in [1.165, 1.54) is 12.1 Å². The molecular weight excluding hydrogens is 419 g/mol. The topological polar surface area (TPSA) is 57.6 Å². The number of carbonyl (C=O) groups is 2. The van der Waals surface area contributed by atoms with Crippen LogP contribution in [0.4, 0.5) is 14.9 Å². The minimum atomic E-state index is -0.403. The lowest BCUT2D eigenvalue weighted by atomic mass is 9.99. The molecule has 0 saturated heterocycles. The Morgan fingerprint density at radius 3 is 2.67 bits per heavy atom. The molecule has 3 aromatic rings. The maximum atomic E-state index is 14.0. The summed E-state index contributed by atoms with van der Waals surface area (Å²) in [5.74, 6) is -0.501. The third-order valence-electron chi connectivity index (χ3n) is 6.02. The number of halogens is 1. The Kier molecular flexibility index (Phi) is 6.77. The van der Waals surface area contributed by atoms with Crippen LogP contribution in [0.3, 0.4) is 0 Å². The monoisotopic (exact) mass is 448 g/mol. The van der Waals surface area contributed by atoms with E-state index in [0.29, 0.717) is 19.6 Å². The zero-order valence-corrected chi connectivity index (χ0v) is 19.0. The van der Waals surface area contributed by atoms with Gasteiger partial charge in [-0.2, -0.15) is 0 Å². The minimum Gasteiger partial charge on any atom is -0.348 e. The van der Waals surface area contributed by atoms with Gasteiger partial charge in [0.15, 0.2) is 0 Å². The molecule has 2 aromatic carbocycles. The molecule has 1 N–H and O–H groups in total. The first-order chi connectivity index (χ1) is 16.0. The molecule has 0 radical (unpaired) electrons. The lowest BCUT2D eigenvalue weighted by molar-refractivity contribution is -0.134. The van der Waals surface area contributed by atoms with E-state index in [-0.39, 0.29) is 24.3 Å². The number of carbonyl (C=O) groups excluding carboxylic acids is 2. The van der Waals surface area contributed by atoms with Crippen molar-refractivity contribution in [1.29, 1.82) is 0 Å². The summed E-state index contributed by atoms with van der Waals surface area (Å²) in [6.45, 7) is 5.46. The number of hydrogen-bond acceptors (Lipinski definition) is 2. The minimum absolute atomic E-state index is 0.0436. The van der Waals surface area contributed by atoms with Crippen LogP contribution in [-0.4, -0.2) is 45.9 Å². The van der Waals surface area contributed by atoms with Gasteiger partial charge in [-0.1, -0.05) is 37.3 Å². The Hall–Kier alpha value is -3.61. The molecule has 33 heavy (non-hydrogen) atoms. The van der Waals surface area contributed by atoms with E-state index in [1.54, 1.807) is 15.9 Å². The number of aryl methyl sites for hydroxylation is 1. The third-order valence-corrected chi connectivity index (χ3v) is 6.02. The van der Waals surface area contributed by atoms with Gasteiger partial charge in [-0.3, -0.25) is 4.79 Å². The lowest BCUT2D eigenvalue weighted by Crippen LogP contribution is -2.49. The van der Waals surface area contributed by atoms with Crippen molar-refractivity contribution in [1.82, 2.24) is 14.4 Å². The smallest absolute Gasteiger partial charge is 0.322 e. The van der Waals surface area contributed by atoms with Crippen molar-refractivity contribution in [2.75, 3.05) is 25.0 Å². The van der Waals surface area contributed by atoms with Crippen LogP contribution in [0, 0.1) is 12.7 Å². The highest BCUT2D eigenvalue weighted by molar-refractivity contribution is 5.93. The predicted molar refractivity (Wildman–Crippen MR) is 126 cm³/mol. The molecule has 4 rings (SSSR count). The molecule has 1 aliphatic rings. The molecule has 7 heteroatoms. The van der Waals surface area contributed by atoms with E-state index < -0.39 is 6.04 Å². The second kappa shape index (κ2) is 9.90. The number of nitrogens with zero attached hydrogens (tertiary/aromatic N) is 3. The van der Waals surface area contributed by atoms with E-state index in [2.05, 4.69) is 9.88 Å². The quantitative estimate of drug-likeness (QED) is 0.588. The molecule has 1 aliphatic heterocycles. The Morgan fingerprint density at radius 2 is 1.91 bits per heavy atom. The number of hydrogen-bond donors (Lipinski definition) is 1. The molecule has 3 amide bonds. The number of nitrogens with one attached hydrogen (secondary N) is 1. The third kappa shape index (κ3) is 4.92. The second-order valence-corrected chi connectivity index (χ2v) is 8.34. The standard InChI is InChI=1S/C26H29FN4O2/c1-3-13-30(26(33)28-22-11-5-4-8-19(22)2)18-24(32)31-16-15-29-14-7-12-23(29)25(31)20-9-6-10-21(27)17-20/h4-12,14,17,25H,3,13,15-16,18H2,1-2H3,(H,28,33). The maximum Gasteiger partial charge on any atom is 0.322 e. The molecule has 1 atom stereocenters. The van der Waals surface area contributed by atoms with Crippen LogP contribution >= 0.6 is 0 Å². The molecule has 0 bridgehead atoms. The van der Waals surface area contributed by atoms with Crippen LogP contribution in [-0.2, 0) is 11.3 Å². The highest BCUT2D eigenvalue weighted by Gasteiger charge is 2.33. The number of rotatable bonds is 6. The fourth-order valence-corrected chi connectivity index (χ4v) is 4.36. The number of anilines is 1. The Balaban J connectivity index is 1.57. The SMILES string of the molecule is CCCN(CC(=O)N1CCn2cccc2C1c1cccc(F)c1)C(=O)Nc1ccccc1C. The van der Waals surface area contributed by atoms with Crippen LogP contribution in [0.1, 0.15) is 36.2 Å². The number of amides is 3. The number of benzene rings is 2. The molecule has 0 saturated carbocycles. The van der Waals surface area contributed by atoms with Crippen molar-refractivity contribution < 1.29 is 14.0 Å². The van der Waals surface area contributed by atoms with E-state index in [9.17, 15) is 14.0 Å². The van der Waals surface area contributed by atoms with Gasteiger partial charge in [0.25, 0.3) is 0 Å². The van der Waals surface area contributed by atoms with Crippen molar-refractivity contribution in [3.05, 3.63) is 89.5 Å². The van der Waals surface area contributed by atoms with Crippen LogP contribution in [0.25, 0.3) is 0 Å². The summed E-state index contributed by atoms with van der Waals surface area (Å²) in [7, 11) is 0. The Bertz CT molecular complexity index is 1140. The van der Waals surface area contributed by atoms with Gasteiger partial charge in [0.05, 0.1) is 6.04 Å². The van der Waals surface area contributed by atoms with Gasteiger partial charge in [-0.25, -0.2) is 9.18 Å². The molecular formula is C26H29FN4O2. The second-order valence-electron chi connectivity index (χ2n) is 8.34. The van der Waals surface area contributed by atoms with E-state index in [1.807, 2.05) is 62.5 Å². The predicted octanol–water partition coefficient (Wildman–Crippen LogP) is 4.81. The summed E-state index contributed by atoms with van der Waals surface area (Å²) in [4.78, 5) is 29.8. The van der Waals surface area contributed by atoms with Crippen molar-refractivity contribution in [3.63, 3.8) is 0 Å². The number of aromatic nitrogens is 1. The van der Waals surface area contributed by atoms with Crippen LogP contribution in [0.15, 0.2) is 66.9 Å². The number of urea groups is 1. The number of para-hydroxylation sites is 1. The molecule has 0 aliphatic carbocycles. The molecule has 2 heterocycles. The zero-order valence-electron chi connectivity index (χ0n) is 19.0. The lowest BCUT2D eigenvalue weighted by Gasteiger charge is -2.38. The van der Waals surface area contributed by atoms with Crippen LogP contribution in [0.5, 0.6) is 0 Å². The molecule has 172 valence electrons. The summed E-state index contributed by atoms with van der Waals surface area (Å²) < 4.78 is 16.1. The van der Waals surface area contributed by atoms with Crippen LogP contribution < -0.4 is 5.32 Å². The molecule has 0 fully saturated rings. The van der Waals surface area contributed by atoms with E-state index in [4.69, 9.17) is 0 Å². The summed E-state index contributed by atoms with van der Waals surface area (Å²) in [5, 5.41) is 2.93. The first-order valence-electron chi connectivity index (χ1n) is 11.3. The first kappa shape index (κ1) is 22.6. The largest absolute Gasteiger partial charge is 0.348 e. The average Bonchev–Trinajstić information content (AvgIpc) is 3.28. The van der Waals surface area contributed by atoms with Gasteiger partial charge >= 0.3 is 6.03 Å². The first-order valence-corrected chi connectivity index (χ1v) is 11.3. The van der Waals surface area contributed by atoms with Gasteiger partial charge in [0, 0.05) is 37.2 Å². The van der Waals surface area contributed by atoms with Crippen molar-refractivity contribution >= 4 is 17.6 Å². The highest BCUT2D eigenvalue weighted by atomic mass is 19.1. The number of fused-ring (bicyclic) bond motifs is 1. The van der Waals surface area contributed by atoms with Crippen molar-refractivity contribution in [2.45, 2.75) is 32.9 Å². The highest BCUT2D eigenvalue weighted by Crippen LogP contribution is 2.33. The average molecular weight is 449 g/mol. The van der Waals surface area contributed by atoms with Gasteiger partial charge < -0.3 is 19.7 Å². The summed E-state index contributed by atoms with van der Waals surface area (Å²) in [5.41, 5.74) is 3.34. The Morgan fingerprint density at radius 1 is 1.09 bits per heavy atom. The summed E-state index contributed by atoms with van der Waals surface area (Å²) in [6.07, 6.45) is 2.70. The summed E-state index contributed by atoms with van der Waals surface area (Å²) >= 11 is 0. The van der Waals surface area contributed by atoms with Gasteiger partial charge in [-0.15, -0.1) is 0 Å². The van der Waals surface area contributed by atoms with Gasteiger partial charge in [-0.05, 0) is 54.8 Å². The molecule has 0 spiro atoms.